The Hall–Kier alpha value is -0.860. The quantitative estimate of drug-likeness (QED) is 0.477. The Morgan fingerprint density at radius 2 is 2.00 bits per heavy atom. The molecule has 0 aromatic rings. The van der Waals surface area contributed by atoms with Crippen LogP contribution in [0.1, 0.15) is 27.7 Å². The molecule has 0 aromatic carbocycles. The summed E-state index contributed by atoms with van der Waals surface area (Å²) in [6, 6.07) is 0. The molecule has 1 atom stereocenters. The van der Waals surface area contributed by atoms with Crippen molar-refractivity contribution in [2.45, 2.75) is 27.7 Å². The van der Waals surface area contributed by atoms with E-state index in [4.69, 9.17) is 4.74 Å². The number of rotatable bonds is 3. The number of ether oxygens (including phenoxy) is 1. The minimum atomic E-state index is -0.484. The first-order chi connectivity index (χ1) is 5.38. The van der Waals surface area contributed by atoms with Gasteiger partial charge in [-0.15, -0.1) is 0 Å². The Kier molecular flexibility index (Phi) is 3.93. The van der Waals surface area contributed by atoms with Gasteiger partial charge in [0.2, 0.25) is 0 Å². The van der Waals surface area contributed by atoms with Crippen LogP contribution in [0.15, 0.2) is 0 Å². The van der Waals surface area contributed by atoms with Gasteiger partial charge in [-0.3, -0.25) is 4.79 Å². The van der Waals surface area contributed by atoms with E-state index >= 15 is 0 Å². The molecule has 0 aliphatic carbocycles. The van der Waals surface area contributed by atoms with Crippen LogP contribution in [0, 0.1) is 11.3 Å². The van der Waals surface area contributed by atoms with Crippen LogP contribution in [0.3, 0.4) is 0 Å². The maximum atomic E-state index is 11.1. The summed E-state index contributed by atoms with van der Waals surface area (Å²) in [6.45, 7) is 7.23. The van der Waals surface area contributed by atoms with Crippen molar-refractivity contribution in [2.24, 2.45) is 11.3 Å². The fourth-order valence-electron chi connectivity index (χ4n) is 0.463. The van der Waals surface area contributed by atoms with Crippen LogP contribution in [0.4, 0.5) is 0 Å². The summed E-state index contributed by atoms with van der Waals surface area (Å²) in [5, 5.41) is 0. The van der Waals surface area contributed by atoms with Crippen molar-refractivity contribution in [3.63, 3.8) is 0 Å². The smallest absolute Gasteiger partial charge is 0.311 e. The standard InChI is InChI=1S/C9H16O3/c1-7(5-10)6-12-8(11)9(2,3)4/h5,7H,6H2,1-4H3. The zero-order valence-electron chi connectivity index (χ0n) is 8.09. The van der Waals surface area contributed by atoms with Gasteiger partial charge in [-0.25, -0.2) is 0 Å². The topological polar surface area (TPSA) is 43.4 Å². The van der Waals surface area contributed by atoms with Crippen molar-refractivity contribution >= 4 is 12.3 Å². The van der Waals surface area contributed by atoms with E-state index in [1.54, 1.807) is 27.7 Å². The lowest BCUT2D eigenvalue weighted by molar-refractivity contribution is -0.154. The van der Waals surface area contributed by atoms with Gasteiger partial charge in [0.1, 0.15) is 12.9 Å². The predicted molar refractivity (Wildman–Crippen MR) is 45.6 cm³/mol. The third kappa shape index (κ3) is 4.11. The van der Waals surface area contributed by atoms with Gasteiger partial charge in [-0.1, -0.05) is 6.92 Å². The van der Waals surface area contributed by atoms with E-state index in [2.05, 4.69) is 0 Å². The number of carbonyl (C=O) groups excluding carboxylic acids is 2. The van der Waals surface area contributed by atoms with Gasteiger partial charge in [0.15, 0.2) is 0 Å². The minimum Gasteiger partial charge on any atom is -0.465 e. The lowest BCUT2D eigenvalue weighted by atomic mass is 9.97. The normalized spacial score (nSPS) is 13.7. The molecule has 0 spiro atoms. The maximum Gasteiger partial charge on any atom is 0.311 e. The third-order valence-corrected chi connectivity index (χ3v) is 1.32. The van der Waals surface area contributed by atoms with Gasteiger partial charge in [-0.05, 0) is 20.8 Å². The van der Waals surface area contributed by atoms with Crippen LogP contribution in [0.25, 0.3) is 0 Å². The van der Waals surface area contributed by atoms with Gasteiger partial charge < -0.3 is 9.53 Å². The molecule has 0 amide bonds. The second-order valence-corrected chi connectivity index (χ2v) is 3.96. The van der Waals surface area contributed by atoms with E-state index in [-0.39, 0.29) is 18.5 Å². The molecule has 12 heavy (non-hydrogen) atoms. The highest BCUT2D eigenvalue weighted by Gasteiger charge is 2.23. The molecule has 0 bridgehead atoms. The molecule has 0 N–H and O–H groups in total. The van der Waals surface area contributed by atoms with Crippen molar-refractivity contribution in [1.82, 2.24) is 0 Å². The third-order valence-electron chi connectivity index (χ3n) is 1.32. The number of aldehydes is 1. The number of hydrogen-bond acceptors (Lipinski definition) is 3. The van der Waals surface area contributed by atoms with E-state index in [9.17, 15) is 9.59 Å². The molecule has 0 aliphatic heterocycles. The van der Waals surface area contributed by atoms with E-state index in [1.807, 2.05) is 0 Å². The molecule has 3 nitrogen and oxygen atoms in total. The predicted octanol–water partition coefficient (Wildman–Crippen LogP) is 1.41. The molecule has 0 radical (unpaired) electrons. The maximum absolute atomic E-state index is 11.1. The molecule has 1 unspecified atom stereocenters. The molecular weight excluding hydrogens is 156 g/mol. The summed E-state index contributed by atoms with van der Waals surface area (Å²) in [7, 11) is 0. The van der Waals surface area contributed by atoms with E-state index in [0.29, 0.717) is 0 Å². The molecular formula is C9H16O3. The Labute approximate surface area is 73.1 Å². The van der Waals surface area contributed by atoms with Crippen molar-refractivity contribution < 1.29 is 14.3 Å². The zero-order chi connectivity index (χ0) is 9.78. The highest BCUT2D eigenvalue weighted by molar-refractivity contribution is 5.75. The van der Waals surface area contributed by atoms with Crippen LogP contribution >= 0.6 is 0 Å². The SMILES string of the molecule is CC(C=O)COC(=O)C(C)(C)C. The van der Waals surface area contributed by atoms with Crippen LogP contribution in [-0.4, -0.2) is 18.9 Å². The van der Waals surface area contributed by atoms with Crippen LogP contribution < -0.4 is 0 Å². The van der Waals surface area contributed by atoms with E-state index < -0.39 is 5.41 Å². The summed E-state index contributed by atoms with van der Waals surface area (Å²) in [5.41, 5.74) is -0.484. The first-order valence-electron chi connectivity index (χ1n) is 4.00. The Bertz CT molecular complexity index is 167. The molecule has 0 aromatic heterocycles. The van der Waals surface area contributed by atoms with Crippen LogP contribution in [0.5, 0.6) is 0 Å². The molecule has 0 saturated carbocycles. The number of esters is 1. The molecule has 0 fully saturated rings. The minimum absolute atomic E-state index is 0.180. The Balaban J connectivity index is 3.80. The van der Waals surface area contributed by atoms with Gasteiger partial charge in [0.25, 0.3) is 0 Å². The average Bonchev–Trinajstić information content (AvgIpc) is 1.97. The van der Waals surface area contributed by atoms with Gasteiger partial charge in [-0.2, -0.15) is 0 Å². The highest BCUT2D eigenvalue weighted by atomic mass is 16.5. The fraction of sp³-hybridized carbons (Fsp3) is 0.778. The molecule has 70 valence electrons. The summed E-state index contributed by atoms with van der Waals surface area (Å²) >= 11 is 0. The summed E-state index contributed by atoms with van der Waals surface area (Å²) < 4.78 is 4.89. The van der Waals surface area contributed by atoms with Gasteiger partial charge >= 0.3 is 5.97 Å². The van der Waals surface area contributed by atoms with Crippen LogP contribution in [-0.2, 0) is 14.3 Å². The lowest BCUT2D eigenvalue weighted by Crippen LogP contribution is -2.25. The summed E-state index contributed by atoms with van der Waals surface area (Å²) in [4.78, 5) is 21.3. The van der Waals surface area contributed by atoms with Crippen molar-refractivity contribution in [3.05, 3.63) is 0 Å². The summed E-state index contributed by atoms with van der Waals surface area (Å²) in [6.07, 6.45) is 0.774. The van der Waals surface area contributed by atoms with Crippen molar-refractivity contribution in [1.29, 1.82) is 0 Å². The first-order valence-corrected chi connectivity index (χ1v) is 4.00. The molecule has 0 heterocycles. The van der Waals surface area contributed by atoms with Crippen molar-refractivity contribution in [3.8, 4) is 0 Å². The number of carbonyl (C=O) groups is 2. The molecule has 3 heteroatoms. The van der Waals surface area contributed by atoms with Gasteiger partial charge in [0, 0.05) is 5.92 Å². The second kappa shape index (κ2) is 4.24. The lowest BCUT2D eigenvalue weighted by Gasteiger charge is -2.17. The molecule has 0 rings (SSSR count). The Morgan fingerprint density at radius 3 is 2.33 bits per heavy atom. The van der Waals surface area contributed by atoms with Crippen molar-refractivity contribution in [2.75, 3.05) is 6.61 Å². The van der Waals surface area contributed by atoms with E-state index in [1.165, 1.54) is 0 Å². The highest BCUT2D eigenvalue weighted by Crippen LogP contribution is 2.15. The average molecular weight is 172 g/mol. The van der Waals surface area contributed by atoms with Gasteiger partial charge in [0.05, 0.1) is 5.41 Å². The molecule has 0 saturated heterocycles. The largest absolute Gasteiger partial charge is 0.465 e. The Morgan fingerprint density at radius 1 is 1.50 bits per heavy atom. The first kappa shape index (κ1) is 11.1. The zero-order valence-corrected chi connectivity index (χ0v) is 8.09. The fourth-order valence-corrected chi connectivity index (χ4v) is 0.463. The second-order valence-electron chi connectivity index (χ2n) is 3.96. The summed E-state index contributed by atoms with van der Waals surface area (Å²) in [5.74, 6) is -0.479. The number of hydrogen-bond donors (Lipinski definition) is 0. The molecule has 0 aliphatic rings. The monoisotopic (exact) mass is 172 g/mol. The van der Waals surface area contributed by atoms with E-state index in [0.717, 1.165) is 6.29 Å². The van der Waals surface area contributed by atoms with Crippen LogP contribution in [0.2, 0.25) is 0 Å².